The van der Waals surface area contributed by atoms with Crippen molar-refractivity contribution >= 4 is 34.8 Å². The molecule has 0 aliphatic carbocycles. The summed E-state index contributed by atoms with van der Waals surface area (Å²) in [5.74, 6) is -0.0316. The van der Waals surface area contributed by atoms with Gasteiger partial charge in [0.15, 0.2) is 6.10 Å². The van der Waals surface area contributed by atoms with Crippen LogP contribution < -0.4 is 20.9 Å². The van der Waals surface area contributed by atoms with E-state index in [2.05, 4.69) is 27.7 Å². The fourth-order valence-corrected chi connectivity index (χ4v) is 3.02. The average Bonchev–Trinajstić information content (AvgIpc) is 2.79. The molecule has 3 aromatic rings. The number of halogens is 1. The minimum atomic E-state index is -0.723. The first kappa shape index (κ1) is 22.8. The topological polar surface area (TPSA) is 92.4 Å². The molecule has 0 aliphatic heterocycles. The summed E-state index contributed by atoms with van der Waals surface area (Å²) in [5.41, 5.74) is 8.39. The number of hydrazine groups is 1. The average molecular weight is 451 g/mol. The third-order valence-corrected chi connectivity index (χ3v) is 4.79. The number of nitrogens with one attached hydrogen (secondary N) is 3. The number of nitrogens with zero attached hydrogens (tertiary/aromatic N) is 1. The van der Waals surface area contributed by atoms with Crippen molar-refractivity contribution < 1.29 is 14.3 Å². The van der Waals surface area contributed by atoms with Crippen LogP contribution in [0.25, 0.3) is 5.70 Å². The molecule has 1 unspecified atom stereocenters. The summed E-state index contributed by atoms with van der Waals surface area (Å²) >= 11 is 5.96. The molecule has 32 heavy (non-hydrogen) atoms. The number of pyridine rings is 1. The van der Waals surface area contributed by atoms with E-state index in [0.717, 1.165) is 5.56 Å². The lowest BCUT2D eigenvalue weighted by molar-refractivity contribution is -0.122. The molecule has 3 rings (SSSR count). The van der Waals surface area contributed by atoms with Gasteiger partial charge < -0.3 is 10.1 Å². The van der Waals surface area contributed by atoms with Crippen LogP contribution in [0.2, 0.25) is 5.02 Å². The minimum absolute atomic E-state index is 0.305. The Morgan fingerprint density at radius 1 is 1.03 bits per heavy atom. The van der Waals surface area contributed by atoms with E-state index in [1.54, 1.807) is 61.5 Å². The Morgan fingerprint density at radius 3 is 2.50 bits per heavy atom. The molecule has 0 radical (unpaired) electrons. The first-order chi connectivity index (χ1) is 15.3. The van der Waals surface area contributed by atoms with E-state index < -0.39 is 6.10 Å². The van der Waals surface area contributed by atoms with Crippen LogP contribution in [0.3, 0.4) is 0 Å². The van der Waals surface area contributed by atoms with Crippen molar-refractivity contribution in [3.8, 4) is 5.75 Å². The van der Waals surface area contributed by atoms with Crippen LogP contribution in [0, 0.1) is 6.92 Å². The molecule has 0 spiro atoms. The van der Waals surface area contributed by atoms with Crippen molar-refractivity contribution in [2.75, 3.05) is 5.32 Å². The van der Waals surface area contributed by atoms with Crippen LogP contribution in [-0.4, -0.2) is 22.9 Å². The Morgan fingerprint density at radius 2 is 1.78 bits per heavy atom. The van der Waals surface area contributed by atoms with Crippen molar-refractivity contribution in [1.29, 1.82) is 0 Å². The normalized spacial score (nSPS) is 11.2. The van der Waals surface area contributed by atoms with Crippen molar-refractivity contribution in [1.82, 2.24) is 15.8 Å². The zero-order chi connectivity index (χ0) is 23.1. The molecule has 8 heteroatoms. The summed E-state index contributed by atoms with van der Waals surface area (Å²) in [6.45, 7) is 7.46. The predicted molar refractivity (Wildman–Crippen MR) is 125 cm³/mol. The van der Waals surface area contributed by atoms with E-state index >= 15 is 0 Å². The van der Waals surface area contributed by atoms with Gasteiger partial charge in [0.25, 0.3) is 11.8 Å². The highest BCUT2D eigenvalue weighted by atomic mass is 35.5. The molecular formula is C24H23ClN4O3. The molecule has 1 aromatic heterocycles. The summed E-state index contributed by atoms with van der Waals surface area (Å²) in [6, 6.07) is 15.5. The summed E-state index contributed by atoms with van der Waals surface area (Å²) in [7, 11) is 0. The number of anilines is 1. The van der Waals surface area contributed by atoms with Crippen LogP contribution >= 0.6 is 11.6 Å². The maximum Gasteiger partial charge on any atom is 0.269 e. The third-order valence-electron chi connectivity index (χ3n) is 4.56. The number of carbonyl (C=O) groups is 2. The van der Waals surface area contributed by atoms with Crippen LogP contribution in [0.5, 0.6) is 5.75 Å². The molecule has 3 N–H and O–H groups in total. The number of aromatic nitrogens is 1. The molecule has 0 saturated carbocycles. The zero-order valence-electron chi connectivity index (χ0n) is 17.7. The van der Waals surface area contributed by atoms with Gasteiger partial charge >= 0.3 is 0 Å². The van der Waals surface area contributed by atoms with E-state index in [0.29, 0.717) is 33.3 Å². The van der Waals surface area contributed by atoms with Gasteiger partial charge in [-0.05, 0) is 61.9 Å². The summed E-state index contributed by atoms with van der Waals surface area (Å²) in [5, 5.41) is 3.43. The highest BCUT2D eigenvalue weighted by Crippen LogP contribution is 2.23. The molecule has 7 nitrogen and oxygen atoms in total. The number of hydrogen-bond acceptors (Lipinski definition) is 5. The van der Waals surface area contributed by atoms with Crippen LogP contribution in [0.1, 0.15) is 28.4 Å². The summed E-state index contributed by atoms with van der Waals surface area (Å²) in [4.78, 5) is 28.6. The number of amides is 2. The van der Waals surface area contributed by atoms with Crippen LogP contribution in [-0.2, 0) is 4.79 Å². The number of aryl methyl sites for hydroxylation is 1. The number of ether oxygens (including phenoxy) is 1. The molecule has 0 bridgehead atoms. The Labute approximate surface area is 191 Å². The molecular weight excluding hydrogens is 428 g/mol. The first-order valence-corrected chi connectivity index (χ1v) is 10.2. The Hall–Kier alpha value is -3.84. The van der Waals surface area contributed by atoms with Gasteiger partial charge in [0.2, 0.25) is 0 Å². The second-order valence-corrected chi connectivity index (χ2v) is 7.47. The second-order valence-electron chi connectivity index (χ2n) is 7.03. The quantitative estimate of drug-likeness (QED) is 0.443. The number of hydrogen-bond donors (Lipinski definition) is 3. The van der Waals surface area contributed by atoms with Gasteiger partial charge in [-0.25, -0.2) is 0 Å². The van der Waals surface area contributed by atoms with Gasteiger partial charge in [-0.15, -0.1) is 0 Å². The highest BCUT2D eigenvalue weighted by molar-refractivity contribution is 6.30. The van der Waals surface area contributed by atoms with Gasteiger partial charge in [0.1, 0.15) is 5.75 Å². The lowest BCUT2D eigenvalue weighted by Crippen LogP contribution is -2.35. The van der Waals surface area contributed by atoms with Crippen molar-refractivity contribution in [3.05, 3.63) is 95.3 Å². The van der Waals surface area contributed by atoms with Crippen LogP contribution in [0.15, 0.2) is 73.6 Å². The molecule has 0 fully saturated rings. The van der Waals surface area contributed by atoms with Crippen molar-refractivity contribution in [2.24, 2.45) is 0 Å². The van der Waals surface area contributed by atoms with E-state index in [9.17, 15) is 9.59 Å². The maximum absolute atomic E-state index is 12.6. The van der Waals surface area contributed by atoms with Gasteiger partial charge in [-0.1, -0.05) is 30.3 Å². The Balaban J connectivity index is 1.58. The second kappa shape index (κ2) is 10.5. The summed E-state index contributed by atoms with van der Waals surface area (Å²) in [6.07, 6.45) is 2.35. The third kappa shape index (κ3) is 6.09. The SMILES string of the molecule is C=C(NNC(=O)c1ccncc1)c1cccc(NC(=O)C(C)Oc2ccc(Cl)cc2C)c1. The summed E-state index contributed by atoms with van der Waals surface area (Å²) < 4.78 is 5.77. The molecule has 2 amide bonds. The van der Waals surface area contributed by atoms with E-state index in [-0.39, 0.29) is 11.8 Å². The maximum atomic E-state index is 12.6. The molecule has 1 heterocycles. The fourth-order valence-electron chi connectivity index (χ4n) is 2.80. The largest absolute Gasteiger partial charge is 0.481 e. The van der Waals surface area contributed by atoms with Gasteiger partial charge in [0.05, 0.1) is 5.70 Å². The number of benzene rings is 2. The molecule has 2 aromatic carbocycles. The predicted octanol–water partition coefficient (Wildman–Crippen LogP) is 4.35. The minimum Gasteiger partial charge on any atom is -0.481 e. The first-order valence-electron chi connectivity index (χ1n) is 9.83. The van der Waals surface area contributed by atoms with Crippen molar-refractivity contribution in [2.45, 2.75) is 20.0 Å². The lowest BCUT2D eigenvalue weighted by Gasteiger charge is -2.17. The van der Waals surface area contributed by atoms with Gasteiger partial charge in [0, 0.05) is 34.2 Å². The van der Waals surface area contributed by atoms with E-state index in [1.165, 1.54) is 12.4 Å². The number of carbonyl (C=O) groups excluding carboxylic acids is 2. The smallest absolute Gasteiger partial charge is 0.269 e. The van der Waals surface area contributed by atoms with Gasteiger partial charge in [-0.2, -0.15) is 0 Å². The molecule has 164 valence electrons. The molecule has 0 saturated heterocycles. The molecule has 1 atom stereocenters. The van der Waals surface area contributed by atoms with Crippen molar-refractivity contribution in [3.63, 3.8) is 0 Å². The van der Waals surface area contributed by atoms with E-state index in [1.807, 2.05) is 6.92 Å². The van der Waals surface area contributed by atoms with Crippen LogP contribution in [0.4, 0.5) is 5.69 Å². The number of rotatable bonds is 8. The highest BCUT2D eigenvalue weighted by Gasteiger charge is 2.16. The Kier molecular flexibility index (Phi) is 7.46. The zero-order valence-corrected chi connectivity index (χ0v) is 18.4. The molecule has 0 aliphatic rings. The van der Waals surface area contributed by atoms with E-state index in [4.69, 9.17) is 16.3 Å². The fraction of sp³-hybridized carbons (Fsp3) is 0.125. The standard InChI is InChI=1S/C24H23ClN4O3/c1-15-13-20(25)7-8-22(15)32-17(3)23(30)27-21-6-4-5-19(14-21)16(2)28-29-24(31)18-9-11-26-12-10-18/h4-14,17,28H,2H2,1,3H3,(H,27,30)(H,29,31). The lowest BCUT2D eigenvalue weighted by atomic mass is 10.1. The van der Waals surface area contributed by atoms with Gasteiger partial charge in [-0.3, -0.25) is 25.4 Å². The monoisotopic (exact) mass is 450 g/mol. The Bertz CT molecular complexity index is 1140.